The van der Waals surface area contributed by atoms with E-state index in [1.807, 2.05) is 0 Å². The summed E-state index contributed by atoms with van der Waals surface area (Å²) in [6, 6.07) is 3.52. The molecular weight excluding hydrogens is 208 g/mol. The number of nitrogen functional groups attached to an aromatic ring is 1. The first-order valence-electron chi connectivity index (χ1n) is 5.24. The van der Waals surface area contributed by atoms with Crippen molar-refractivity contribution in [2.24, 2.45) is 0 Å². The van der Waals surface area contributed by atoms with Crippen LogP contribution < -0.4 is 10.5 Å². The molecule has 0 bridgehead atoms. The molecule has 0 aliphatic rings. The highest BCUT2D eigenvalue weighted by molar-refractivity contribution is 5.46. The Morgan fingerprint density at radius 2 is 2.12 bits per heavy atom. The Balaban J connectivity index is 2.05. The van der Waals surface area contributed by atoms with Gasteiger partial charge in [-0.3, -0.25) is 0 Å². The van der Waals surface area contributed by atoms with Crippen LogP contribution in [0.5, 0.6) is 5.88 Å². The van der Waals surface area contributed by atoms with Gasteiger partial charge in [0.25, 0.3) is 0 Å². The van der Waals surface area contributed by atoms with E-state index in [4.69, 9.17) is 19.9 Å². The van der Waals surface area contributed by atoms with E-state index in [2.05, 4.69) is 4.98 Å². The van der Waals surface area contributed by atoms with Gasteiger partial charge in [0, 0.05) is 26.5 Å². The van der Waals surface area contributed by atoms with Crippen LogP contribution in [0.1, 0.15) is 6.42 Å². The average Bonchev–Trinajstić information content (AvgIpc) is 2.30. The van der Waals surface area contributed by atoms with Gasteiger partial charge in [-0.2, -0.15) is 0 Å². The van der Waals surface area contributed by atoms with Crippen LogP contribution in [-0.4, -0.2) is 38.5 Å². The summed E-state index contributed by atoms with van der Waals surface area (Å²) >= 11 is 0. The van der Waals surface area contributed by atoms with Crippen molar-refractivity contribution in [2.45, 2.75) is 6.42 Å². The third kappa shape index (κ3) is 4.95. The second kappa shape index (κ2) is 7.90. The fourth-order valence-electron chi connectivity index (χ4n) is 1.13. The highest BCUT2D eigenvalue weighted by Gasteiger charge is 1.99. The van der Waals surface area contributed by atoms with Crippen LogP contribution in [0.25, 0.3) is 0 Å². The highest BCUT2D eigenvalue weighted by atomic mass is 16.5. The Labute approximate surface area is 95.5 Å². The number of methoxy groups -OCH3 is 1. The summed E-state index contributed by atoms with van der Waals surface area (Å²) in [4.78, 5) is 4.00. The van der Waals surface area contributed by atoms with Crippen LogP contribution in [0.15, 0.2) is 18.3 Å². The normalized spacial score (nSPS) is 10.3. The molecule has 0 unspecified atom stereocenters. The minimum atomic E-state index is 0.453. The predicted molar refractivity (Wildman–Crippen MR) is 61.5 cm³/mol. The molecule has 0 fully saturated rings. The molecule has 1 aromatic heterocycles. The molecule has 0 aromatic carbocycles. The van der Waals surface area contributed by atoms with Gasteiger partial charge >= 0.3 is 0 Å². The lowest BCUT2D eigenvalue weighted by atomic mass is 10.4. The summed E-state index contributed by atoms with van der Waals surface area (Å²) in [6.45, 7) is 2.37. The van der Waals surface area contributed by atoms with E-state index in [0.29, 0.717) is 38.0 Å². The summed E-state index contributed by atoms with van der Waals surface area (Å²) in [5.74, 6) is 0.461. The lowest BCUT2D eigenvalue weighted by Gasteiger charge is -2.07. The summed E-state index contributed by atoms with van der Waals surface area (Å²) in [5, 5.41) is 0. The third-order valence-corrected chi connectivity index (χ3v) is 1.90. The van der Waals surface area contributed by atoms with Gasteiger partial charge < -0.3 is 19.9 Å². The SMILES string of the molecule is COCCCOCCOc1ncccc1N. The molecule has 0 atom stereocenters. The fraction of sp³-hybridized carbons (Fsp3) is 0.545. The van der Waals surface area contributed by atoms with E-state index in [-0.39, 0.29) is 0 Å². The standard InChI is InChI=1S/C11H18N2O3/c1-14-6-3-7-15-8-9-16-11-10(12)4-2-5-13-11/h2,4-5H,3,6-9,12H2,1H3. The van der Waals surface area contributed by atoms with Crippen LogP contribution in [-0.2, 0) is 9.47 Å². The monoisotopic (exact) mass is 226 g/mol. The zero-order valence-corrected chi connectivity index (χ0v) is 9.52. The summed E-state index contributed by atoms with van der Waals surface area (Å²) < 4.78 is 15.6. The second-order valence-electron chi connectivity index (χ2n) is 3.20. The first-order valence-corrected chi connectivity index (χ1v) is 5.24. The number of nitrogens with two attached hydrogens (primary N) is 1. The maximum absolute atomic E-state index is 5.66. The number of nitrogens with zero attached hydrogens (tertiary/aromatic N) is 1. The topological polar surface area (TPSA) is 66.6 Å². The minimum absolute atomic E-state index is 0.453. The van der Waals surface area contributed by atoms with Crippen LogP contribution in [0.2, 0.25) is 0 Å². The lowest BCUT2D eigenvalue weighted by molar-refractivity contribution is 0.0797. The van der Waals surface area contributed by atoms with Crippen molar-refractivity contribution in [3.8, 4) is 5.88 Å². The number of anilines is 1. The zero-order chi connectivity index (χ0) is 11.6. The number of aromatic nitrogens is 1. The van der Waals surface area contributed by atoms with Gasteiger partial charge in [0.2, 0.25) is 5.88 Å². The van der Waals surface area contributed by atoms with E-state index >= 15 is 0 Å². The van der Waals surface area contributed by atoms with Gasteiger partial charge in [-0.25, -0.2) is 4.98 Å². The maximum atomic E-state index is 5.66. The number of rotatable bonds is 8. The minimum Gasteiger partial charge on any atom is -0.474 e. The Kier molecular flexibility index (Phi) is 6.29. The maximum Gasteiger partial charge on any atom is 0.237 e. The Morgan fingerprint density at radius 3 is 2.88 bits per heavy atom. The first-order chi connectivity index (χ1) is 7.84. The lowest BCUT2D eigenvalue weighted by Crippen LogP contribution is -2.10. The van der Waals surface area contributed by atoms with Crippen LogP contribution in [0.4, 0.5) is 5.69 Å². The summed E-state index contributed by atoms with van der Waals surface area (Å²) in [7, 11) is 1.67. The van der Waals surface area contributed by atoms with E-state index < -0.39 is 0 Å². The van der Waals surface area contributed by atoms with Gasteiger partial charge in [0.1, 0.15) is 6.61 Å². The van der Waals surface area contributed by atoms with Gasteiger partial charge in [0.05, 0.1) is 12.3 Å². The van der Waals surface area contributed by atoms with E-state index in [9.17, 15) is 0 Å². The van der Waals surface area contributed by atoms with Crippen molar-refractivity contribution in [1.29, 1.82) is 0 Å². The second-order valence-corrected chi connectivity index (χ2v) is 3.20. The van der Waals surface area contributed by atoms with Gasteiger partial charge in [-0.15, -0.1) is 0 Å². The number of pyridine rings is 1. The van der Waals surface area contributed by atoms with E-state index in [0.717, 1.165) is 6.42 Å². The van der Waals surface area contributed by atoms with E-state index in [1.165, 1.54) is 0 Å². The number of hydrogen-bond donors (Lipinski definition) is 1. The van der Waals surface area contributed by atoms with E-state index in [1.54, 1.807) is 25.4 Å². The molecule has 0 spiro atoms. The van der Waals surface area contributed by atoms with Gasteiger partial charge in [-0.05, 0) is 18.6 Å². The van der Waals surface area contributed by atoms with Crippen LogP contribution in [0, 0.1) is 0 Å². The van der Waals surface area contributed by atoms with Crippen molar-refractivity contribution in [3.63, 3.8) is 0 Å². The zero-order valence-electron chi connectivity index (χ0n) is 9.52. The molecule has 0 aliphatic carbocycles. The third-order valence-electron chi connectivity index (χ3n) is 1.90. The number of hydrogen-bond acceptors (Lipinski definition) is 5. The van der Waals surface area contributed by atoms with Crippen LogP contribution >= 0.6 is 0 Å². The Morgan fingerprint density at radius 1 is 1.25 bits per heavy atom. The molecule has 0 aliphatic heterocycles. The molecule has 1 aromatic rings. The average molecular weight is 226 g/mol. The molecule has 5 heteroatoms. The molecule has 0 saturated heterocycles. The van der Waals surface area contributed by atoms with Crippen molar-refractivity contribution in [2.75, 3.05) is 39.3 Å². The van der Waals surface area contributed by atoms with Crippen molar-refractivity contribution < 1.29 is 14.2 Å². The fourth-order valence-corrected chi connectivity index (χ4v) is 1.13. The quantitative estimate of drug-likeness (QED) is 0.672. The molecule has 16 heavy (non-hydrogen) atoms. The largest absolute Gasteiger partial charge is 0.474 e. The molecule has 0 saturated carbocycles. The van der Waals surface area contributed by atoms with Gasteiger partial charge in [0.15, 0.2) is 0 Å². The summed E-state index contributed by atoms with van der Waals surface area (Å²) in [5.41, 5.74) is 6.20. The molecule has 90 valence electrons. The Hall–Kier alpha value is -1.33. The molecular formula is C11H18N2O3. The summed E-state index contributed by atoms with van der Waals surface area (Å²) in [6.07, 6.45) is 2.54. The highest BCUT2D eigenvalue weighted by Crippen LogP contribution is 2.15. The molecule has 5 nitrogen and oxygen atoms in total. The number of ether oxygens (including phenoxy) is 3. The molecule has 2 N–H and O–H groups in total. The van der Waals surface area contributed by atoms with Gasteiger partial charge in [-0.1, -0.05) is 0 Å². The molecule has 0 amide bonds. The predicted octanol–water partition coefficient (Wildman–Crippen LogP) is 1.10. The van der Waals surface area contributed by atoms with Crippen LogP contribution in [0.3, 0.4) is 0 Å². The first kappa shape index (κ1) is 12.7. The van der Waals surface area contributed by atoms with Crippen molar-refractivity contribution in [3.05, 3.63) is 18.3 Å². The van der Waals surface area contributed by atoms with Crippen molar-refractivity contribution >= 4 is 5.69 Å². The molecule has 1 rings (SSSR count). The Bertz CT molecular complexity index is 294. The molecule has 0 radical (unpaired) electrons. The molecule has 1 heterocycles. The smallest absolute Gasteiger partial charge is 0.237 e. The van der Waals surface area contributed by atoms with Crippen molar-refractivity contribution in [1.82, 2.24) is 4.98 Å².